The molecule has 0 aromatic heterocycles. The molecule has 0 aliphatic heterocycles. The summed E-state index contributed by atoms with van der Waals surface area (Å²) in [7, 11) is 0. The Bertz CT molecular complexity index is 401. The van der Waals surface area contributed by atoms with Crippen molar-refractivity contribution in [3.05, 3.63) is 28.5 Å². The summed E-state index contributed by atoms with van der Waals surface area (Å²) in [5.41, 5.74) is 0.486. The van der Waals surface area contributed by atoms with Crippen LogP contribution in [0.4, 0.5) is 14.9 Å². The van der Waals surface area contributed by atoms with Gasteiger partial charge in [0.15, 0.2) is 0 Å². The molecular weight excluding hydrogens is 291 g/mol. The number of aliphatic hydroxyl groups excluding tert-OH is 1. The summed E-state index contributed by atoms with van der Waals surface area (Å²) in [4.78, 5) is 11.5. The first kappa shape index (κ1) is 13.9. The van der Waals surface area contributed by atoms with Crippen molar-refractivity contribution in [3.8, 4) is 0 Å². The molecule has 0 fully saturated rings. The second kappa shape index (κ2) is 6.56. The second-order valence-corrected chi connectivity index (χ2v) is 4.49. The number of carbonyl (C=O) groups is 1. The average molecular weight is 305 g/mol. The van der Waals surface area contributed by atoms with E-state index in [2.05, 4.69) is 26.6 Å². The molecule has 6 heteroatoms. The number of urea groups is 1. The molecule has 1 atom stereocenters. The number of hydrogen-bond donors (Lipinski definition) is 3. The summed E-state index contributed by atoms with van der Waals surface area (Å²) in [6, 6.07) is 3.48. The molecule has 3 N–H and O–H groups in total. The molecule has 2 amide bonds. The number of rotatable bonds is 4. The molecule has 94 valence electrons. The maximum atomic E-state index is 12.8. The van der Waals surface area contributed by atoms with Gasteiger partial charge in [-0.1, -0.05) is 0 Å². The highest BCUT2D eigenvalue weighted by atomic mass is 79.9. The minimum Gasteiger partial charge on any atom is -0.396 e. The standard InChI is InChI=1S/C11H14BrFN2O2/c1-7(4-5-16)14-11(17)15-10-3-2-8(13)6-9(10)12/h2-3,6-7,16H,4-5H2,1H3,(H2,14,15,17)/t7-/m1/s1. The van der Waals surface area contributed by atoms with Gasteiger partial charge in [0.1, 0.15) is 5.82 Å². The van der Waals surface area contributed by atoms with E-state index in [1.807, 2.05) is 0 Å². The van der Waals surface area contributed by atoms with Crippen LogP contribution in [0.15, 0.2) is 22.7 Å². The van der Waals surface area contributed by atoms with Crippen molar-refractivity contribution in [2.24, 2.45) is 0 Å². The molecule has 0 aliphatic rings. The van der Waals surface area contributed by atoms with E-state index in [0.717, 1.165) is 0 Å². The van der Waals surface area contributed by atoms with Gasteiger partial charge in [0.2, 0.25) is 0 Å². The van der Waals surface area contributed by atoms with Crippen molar-refractivity contribution in [2.75, 3.05) is 11.9 Å². The number of anilines is 1. The van der Waals surface area contributed by atoms with E-state index in [9.17, 15) is 9.18 Å². The number of nitrogens with one attached hydrogen (secondary N) is 2. The van der Waals surface area contributed by atoms with Gasteiger partial charge in [-0.15, -0.1) is 0 Å². The molecule has 0 radical (unpaired) electrons. The highest BCUT2D eigenvalue weighted by Gasteiger charge is 2.08. The first-order valence-corrected chi connectivity index (χ1v) is 5.95. The Balaban J connectivity index is 2.56. The number of amides is 2. The van der Waals surface area contributed by atoms with E-state index in [4.69, 9.17) is 5.11 Å². The lowest BCUT2D eigenvalue weighted by molar-refractivity contribution is 0.241. The molecule has 17 heavy (non-hydrogen) atoms. The first-order chi connectivity index (χ1) is 8.02. The van der Waals surface area contributed by atoms with Crippen LogP contribution in [0.25, 0.3) is 0 Å². The number of hydrogen-bond acceptors (Lipinski definition) is 2. The second-order valence-electron chi connectivity index (χ2n) is 3.64. The fourth-order valence-electron chi connectivity index (χ4n) is 1.24. The molecule has 4 nitrogen and oxygen atoms in total. The number of halogens is 2. The van der Waals surface area contributed by atoms with Gasteiger partial charge in [0.05, 0.1) is 5.69 Å². The lowest BCUT2D eigenvalue weighted by atomic mass is 10.2. The zero-order chi connectivity index (χ0) is 12.8. The van der Waals surface area contributed by atoms with Crippen LogP contribution >= 0.6 is 15.9 Å². The lowest BCUT2D eigenvalue weighted by Crippen LogP contribution is -2.36. The van der Waals surface area contributed by atoms with Gasteiger partial charge in [0, 0.05) is 17.1 Å². The van der Waals surface area contributed by atoms with Crippen LogP contribution in [0.1, 0.15) is 13.3 Å². The van der Waals surface area contributed by atoms with E-state index in [1.54, 1.807) is 6.92 Å². The Hall–Kier alpha value is -1.14. The molecule has 1 aromatic carbocycles. The highest BCUT2D eigenvalue weighted by molar-refractivity contribution is 9.10. The van der Waals surface area contributed by atoms with E-state index < -0.39 is 6.03 Å². The Kier molecular flexibility index (Phi) is 5.37. The van der Waals surface area contributed by atoms with Crippen LogP contribution < -0.4 is 10.6 Å². The minimum atomic E-state index is -0.391. The van der Waals surface area contributed by atoms with Gasteiger partial charge in [-0.2, -0.15) is 0 Å². The van der Waals surface area contributed by atoms with Crippen LogP contribution in [-0.4, -0.2) is 23.8 Å². The van der Waals surface area contributed by atoms with Gasteiger partial charge >= 0.3 is 6.03 Å². The summed E-state index contributed by atoms with van der Waals surface area (Å²) in [6.45, 7) is 1.80. The molecule has 0 heterocycles. The van der Waals surface area contributed by atoms with Crippen molar-refractivity contribution in [1.82, 2.24) is 5.32 Å². The van der Waals surface area contributed by atoms with E-state index in [0.29, 0.717) is 16.6 Å². The van der Waals surface area contributed by atoms with Crippen molar-refractivity contribution in [1.29, 1.82) is 0 Å². The number of carbonyl (C=O) groups excluding carboxylic acids is 1. The van der Waals surface area contributed by atoms with Crippen LogP contribution in [0.5, 0.6) is 0 Å². The summed E-state index contributed by atoms with van der Waals surface area (Å²) in [5, 5.41) is 13.9. The van der Waals surface area contributed by atoms with E-state index in [-0.39, 0.29) is 18.5 Å². The molecule has 0 unspecified atom stereocenters. The average Bonchev–Trinajstić information content (AvgIpc) is 2.22. The Labute approximate surface area is 107 Å². The SMILES string of the molecule is C[C@H](CCO)NC(=O)Nc1ccc(F)cc1Br. The molecule has 0 saturated carbocycles. The van der Waals surface area contributed by atoms with Crippen LogP contribution in [0.3, 0.4) is 0 Å². The first-order valence-electron chi connectivity index (χ1n) is 5.16. The van der Waals surface area contributed by atoms with Gasteiger partial charge in [-0.3, -0.25) is 0 Å². The van der Waals surface area contributed by atoms with Crippen molar-refractivity contribution in [2.45, 2.75) is 19.4 Å². The van der Waals surface area contributed by atoms with Crippen molar-refractivity contribution >= 4 is 27.6 Å². The van der Waals surface area contributed by atoms with Crippen LogP contribution in [0.2, 0.25) is 0 Å². The largest absolute Gasteiger partial charge is 0.396 e. The van der Waals surface area contributed by atoms with Crippen LogP contribution in [-0.2, 0) is 0 Å². The third-order valence-corrected chi connectivity index (χ3v) is 2.78. The maximum absolute atomic E-state index is 12.8. The third-order valence-electron chi connectivity index (χ3n) is 2.12. The predicted molar refractivity (Wildman–Crippen MR) is 67.4 cm³/mol. The Morgan fingerprint density at radius 2 is 2.29 bits per heavy atom. The molecule has 0 spiro atoms. The predicted octanol–water partition coefficient (Wildman–Crippen LogP) is 2.48. The molecule has 0 saturated heterocycles. The van der Waals surface area contributed by atoms with Crippen molar-refractivity contribution in [3.63, 3.8) is 0 Å². The Morgan fingerprint density at radius 3 is 2.88 bits per heavy atom. The molecular formula is C11H14BrFN2O2. The normalized spacial score (nSPS) is 12.0. The van der Waals surface area contributed by atoms with Gasteiger partial charge in [-0.05, 0) is 47.5 Å². The number of benzene rings is 1. The Morgan fingerprint density at radius 1 is 1.59 bits per heavy atom. The summed E-state index contributed by atoms with van der Waals surface area (Å²) >= 11 is 3.15. The van der Waals surface area contributed by atoms with Crippen LogP contribution in [0, 0.1) is 5.82 Å². The van der Waals surface area contributed by atoms with Gasteiger partial charge in [0.25, 0.3) is 0 Å². The minimum absolute atomic E-state index is 0.0156. The third kappa shape index (κ3) is 4.70. The molecule has 0 aliphatic carbocycles. The summed E-state index contributed by atoms with van der Waals surface area (Å²) in [6.07, 6.45) is 0.484. The lowest BCUT2D eigenvalue weighted by Gasteiger charge is -2.14. The molecule has 1 aromatic rings. The quantitative estimate of drug-likeness (QED) is 0.800. The smallest absolute Gasteiger partial charge is 0.319 e. The summed E-state index contributed by atoms with van der Waals surface area (Å²) in [5.74, 6) is -0.378. The van der Waals surface area contributed by atoms with E-state index >= 15 is 0 Å². The zero-order valence-corrected chi connectivity index (χ0v) is 10.9. The fraction of sp³-hybridized carbons (Fsp3) is 0.364. The van der Waals surface area contributed by atoms with Gasteiger partial charge < -0.3 is 15.7 Å². The van der Waals surface area contributed by atoms with Gasteiger partial charge in [-0.25, -0.2) is 9.18 Å². The maximum Gasteiger partial charge on any atom is 0.319 e. The highest BCUT2D eigenvalue weighted by Crippen LogP contribution is 2.22. The monoisotopic (exact) mass is 304 g/mol. The molecule has 1 rings (SSSR count). The fourth-order valence-corrected chi connectivity index (χ4v) is 1.69. The summed E-state index contributed by atoms with van der Waals surface area (Å²) < 4.78 is 13.3. The zero-order valence-electron chi connectivity index (χ0n) is 9.34. The van der Waals surface area contributed by atoms with E-state index in [1.165, 1.54) is 18.2 Å². The van der Waals surface area contributed by atoms with Crippen molar-refractivity contribution < 1.29 is 14.3 Å². The number of aliphatic hydroxyl groups is 1. The topological polar surface area (TPSA) is 61.4 Å². The molecule has 0 bridgehead atoms.